The maximum Gasteiger partial charge on any atom is 0.234 e. The van der Waals surface area contributed by atoms with Crippen molar-refractivity contribution in [3.05, 3.63) is 0 Å². The number of terminal acetylenes is 1. The predicted molar refractivity (Wildman–Crippen MR) is 49.3 cm³/mol. The van der Waals surface area contributed by atoms with Crippen LogP contribution in [0.5, 0.6) is 0 Å². The molecule has 3 N–H and O–H groups in total. The fourth-order valence-corrected chi connectivity index (χ4v) is 0.928. The van der Waals surface area contributed by atoms with Gasteiger partial charge in [-0.15, -0.1) is 6.42 Å². The van der Waals surface area contributed by atoms with Gasteiger partial charge in [-0.3, -0.25) is 10.1 Å². The van der Waals surface area contributed by atoms with Crippen molar-refractivity contribution in [2.24, 2.45) is 5.73 Å². The first-order valence-corrected chi connectivity index (χ1v) is 4.17. The molecular weight excluding hydrogens is 152 g/mol. The first-order valence-electron chi connectivity index (χ1n) is 4.17. The lowest BCUT2D eigenvalue weighted by molar-refractivity contribution is -0.120. The van der Waals surface area contributed by atoms with Crippen molar-refractivity contribution in [3.63, 3.8) is 0 Å². The minimum atomic E-state index is -0.341. The maximum atomic E-state index is 10.8. The average Bonchev–Trinajstić information content (AvgIpc) is 2.06. The van der Waals surface area contributed by atoms with Crippen molar-refractivity contribution in [3.8, 4) is 12.3 Å². The molecule has 0 aromatic rings. The molecule has 0 aromatic heterocycles. The molecule has 12 heavy (non-hydrogen) atoms. The normalized spacial score (nSPS) is 14.8. The molecule has 0 saturated heterocycles. The van der Waals surface area contributed by atoms with Gasteiger partial charge in [-0.05, 0) is 12.8 Å². The Hall–Kier alpha value is -1.01. The molecule has 0 saturated carbocycles. The Morgan fingerprint density at radius 1 is 1.58 bits per heavy atom. The van der Waals surface area contributed by atoms with E-state index in [1.54, 1.807) is 0 Å². The Balaban J connectivity index is 4.02. The van der Waals surface area contributed by atoms with E-state index in [0.29, 0.717) is 6.42 Å². The highest BCUT2D eigenvalue weighted by molar-refractivity contribution is 5.79. The van der Waals surface area contributed by atoms with Gasteiger partial charge >= 0.3 is 0 Å². The predicted octanol–water partition coefficient (Wildman–Crippen LogP) is 0.252. The van der Waals surface area contributed by atoms with Crippen molar-refractivity contribution in [1.29, 1.82) is 0 Å². The van der Waals surface area contributed by atoms with Gasteiger partial charge in [-0.1, -0.05) is 19.8 Å². The van der Waals surface area contributed by atoms with E-state index in [1.807, 2.05) is 13.8 Å². The van der Waals surface area contributed by atoms with Gasteiger partial charge in [0.15, 0.2) is 0 Å². The lowest BCUT2D eigenvalue weighted by atomic mass is 10.1. The number of carbonyl (C=O) groups is 1. The van der Waals surface area contributed by atoms with Crippen LogP contribution in [0.4, 0.5) is 0 Å². The van der Waals surface area contributed by atoms with Crippen LogP contribution in [-0.4, -0.2) is 18.0 Å². The third kappa shape index (κ3) is 3.40. The number of nitrogens with one attached hydrogen (secondary N) is 1. The average molecular weight is 168 g/mol. The number of hydrogen-bond acceptors (Lipinski definition) is 2. The molecule has 0 spiro atoms. The Morgan fingerprint density at radius 2 is 2.17 bits per heavy atom. The molecule has 0 radical (unpaired) electrons. The molecule has 0 bridgehead atoms. The maximum absolute atomic E-state index is 10.8. The molecule has 0 fully saturated rings. The minimum absolute atomic E-state index is 0.0533. The highest BCUT2D eigenvalue weighted by Crippen LogP contribution is 1.95. The van der Waals surface area contributed by atoms with Gasteiger partial charge in [-0.25, -0.2) is 0 Å². The molecular formula is C9H16N2O. The van der Waals surface area contributed by atoms with Crippen LogP contribution in [-0.2, 0) is 4.79 Å². The number of primary amides is 1. The quantitative estimate of drug-likeness (QED) is 0.578. The molecule has 0 aliphatic heterocycles. The highest BCUT2D eigenvalue weighted by Gasteiger charge is 2.14. The summed E-state index contributed by atoms with van der Waals surface area (Å²) in [7, 11) is 0. The molecule has 68 valence electrons. The van der Waals surface area contributed by atoms with Gasteiger partial charge in [0, 0.05) is 0 Å². The van der Waals surface area contributed by atoms with Crippen molar-refractivity contribution in [1.82, 2.24) is 5.32 Å². The standard InChI is InChI=1S/C9H16N2O/c1-4-7(5-2)11-8(6-3)9(10)12/h1,7-8,11H,5-6H2,2-3H3,(H2,10,12). The summed E-state index contributed by atoms with van der Waals surface area (Å²) in [6.07, 6.45) is 6.70. The third-order valence-electron chi connectivity index (χ3n) is 1.76. The van der Waals surface area contributed by atoms with Crippen LogP contribution in [0.25, 0.3) is 0 Å². The van der Waals surface area contributed by atoms with Crippen molar-refractivity contribution in [2.75, 3.05) is 0 Å². The largest absolute Gasteiger partial charge is 0.368 e. The van der Waals surface area contributed by atoms with Crippen LogP contribution < -0.4 is 11.1 Å². The van der Waals surface area contributed by atoms with Crippen LogP contribution in [0.3, 0.4) is 0 Å². The third-order valence-corrected chi connectivity index (χ3v) is 1.76. The number of carbonyl (C=O) groups excluding carboxylic acids is 1. The van der Waals surface area contributed by atoms with Gasteiger partial charge in [0.25, 0.3) is 0 Å². The fourth-order valence-electron chi connectivity index (χ4n) is 0.928. The van der Waals surface area contributed by atoms with E-state index in [4.69, 9.17) is 12.2 Å². The molecule has 0 aliphatic carbocycles. The number of hydrogen-bond donors (Lipinski definition) is 2. The van der Waals surface area contributed by atoms with E-state index >= 15 is 0 Å². The van der Waals surface area contributed by atoms with Crippen molar-refractivity contribution >= 4 is 5.91 Å². The Morgan fingerprint density at radius 3 is 2.42 bits per heavy atom. The SMILES string of the molecule is C#CC(CC)NC(CC)C(N)=O. The zero-order valence-electron chi connectivity index (χ0n) is 7.63. The van der Waals surface area contributed by atoms with Crippen molar-refractivity contribution in [2.45, 2.75) is 38.8 Å². The van der Waals surface area contributed by atoms with Crippen LogP contribution in [0.2, 0.25) is 0 Å². The molecule has 0 rings (SSSR count). The molecule has 0 aliphatic rings. The summed E-state index contributed by atoms with van der Waals surface area (Å²) in [5.74, 6) is 2.21. The monoisotopic (exact) mass is 168 g/mol. The van der Waals surface area contributed by atoms with Gasteiger partial charge in [-0.2, -0.15) is 0 Å². The van der Waals surface area contributed by atoms with Crippen LogP contribution in [0.1, 0.15) is 26.7 Å². The molecule has 1 amide bonds. The minimum Gasteiger partial charge on any atom is -0.368 e. The van der Waals surface area contributed by atoms with E-state index in [1.165, 1.54) is 0 Å². The van der Waals surface area contributed by atoms with E-state index in [2.05, 4.69) is 11.2 Å². The van der Waals surface area contributed by atoms with E-state index in [0.717, 1.165) is 6.42 Å². The second kappa shape index (κ2) is 5.62. The lowest BCUT2D eigenvalue weighted by Crippen LogP contribution is -2.45. The summed E-state index contributed by atoms with van der Waals surface area (Å²) in [5.41, 5.74) is 5.13. The highest BCUT2D eigenvalue weighted by atomic mass is 16.1. The Bertz CT molecular complexity index is 183. The Labute approximate surface area is 73.7 Å². The van der Waals surface area contributed by atoms with Crippen molar-refractivity contribution < 1.29 is 4.79 Å². The number of rotatable bonds is 5. The molecule has 3 nitrogen and oxygen atoms in total. The summed E-state index contributed by atoms with van der Waals surface area (Å²) in [4.78, 5) is 10.8. The van der Waals surface area contributed by atoms with Gasteiger partial charge in [0.1, 0.15) is 0 Å². The van der Waals surface area contributed by atoms with Crippen LogP contribution in [0, 0.1) is 12.3 Å². The van der Waals surface area contributed by atoms with Crippen LogP contribution in [0.15, 0.2) is 0 Å². The second-order valence-corrected chi connectivity index (χ2v) is 2.66. The van der Waals surface area contributed by atoms with Gasteiger partial charge in [0.05, 0.1) is 12.1 Å². The Kier molecular flexibility index (Phi) is 5.14. The van der Waals surface area contributed by atoms with Gasteiger partial charge < -0.3 is 5.73 Å². The molecule has 2 unspecified atom stereocenters. The van der Waals surface area contributed by atoms with Crippen LogP contribution >= 0.6 is 0 Å². The molecule has 2 atom stereocenters. The fraction of sp³-hybridized carbons (Fsp3) is 0.667. The summed E-state index contributed by atoms with van der Waals surface area (Å²) in [5, 5.41) is 2.99. The van der Waals surface area contributed by atoms with E-state index in [9.17, 15) is 4.79 Å². The molecule has 3 heteroatoms. The van der Waals surface area contributed by atoms with E-state index in [-0.39, 0.29) is 18.0 Å². The van der Waals surface area contributed by atoms with E-state index < -0.39 is 0 Å². The number of nitrogens with two attached hydrogens (primary N) is 1. The topological polar surface area (TPSA) is 55.1 Å². The lowest BCUT2D eigenvalue weighted by Gasteiger charge is -2.17. The summed E-state index contributed by atoms with van der Waals surface area (Å²) in [6, 6.07) is -0.353. The summed E-state index contributed by atoms with van der Waals surface area (Å²) in [6.45, 7) is 3.86. The zero-order valence-corrected chi connectivity index (χ0v) is 7.63. The first kappa shape index (κ1) is 11.0. The summed E-state index contributed by atoms with van der Waals surface area (Å²) >= 11 is 0. The molecule has 0 aromatic carbocycles. The number of amides is 1. The zero-order chi connectivity index (χ0) is 9.56. The van der Waals surface area contributed by atoms with Gasteiger partial charge in [0.2, 0.25) is 5.91 Å². The first-order chi connectivity index (χ1) is 5.65. The molecule has 0 heterocycles. The summed E-state index contributed by atoms with van der Waals surface area (Å²) < 4.78 is 0. The smallest absolute Gasteiger partial charge is 0.234 e. The second-order valence-electron chi connectivity index (χ2n) is 2.66.